The molecule has 0 aromatic heterocycles. The third kappa shape index (κ3) is 5.39. The summed E-state index contributed by atoms with van der Waals surface area (Å²) in [7, 11) is 0. The second-order valence-electron chi connectivity index (χ2n) is 4.33. The molecule has 0 aliphatic heterocycles. The van der Waals surface area contributed by atoms with Crippen LogP contribution in [0.1, 0.15) is 30.6 Å². The number of amides is 1. The van der Waals surface area contributed by atoms with Crippen molar-refractivity contribution >= 4 is 17.3 Å². The number of nitrogens with one attached hydrogen (secondary N) is 2. The van der Waals surface area contributed by atoms with Crippen molar-refractivity contribution in [1.82, 2.24) is 5.32 Å². The molecule has 0 unspecified atom stereocenters. The molecule has 0 bridgehead atoms. The molecular formula is C14H21N3O4. The first kappa shape index (κ1) is 16.9. The van der Waals surface area contributed by atoms with E-state index in [-0.39, 0.29) is 11.3 Å². The second-order valence-corrected chi connectivity index (χ2v) is 4.33. The highest BCUT2D eigenvalue weighted by atomic mass is 16.6. The van der Waals surface area contributed by atoms with Crippen LogP contribution in [0.15, 0.2) is 18.2 Å². The average molecular weight is 295 g/mol. The molecule has 0 radical (unpaired) electrons. The van der Waals surface area contributed by atoms with Crippen molar-refractivity contribution in [2.75, 3.05) is 31.6 Å². The minimum absolute atomic E-state index is 0.0647. The van der Waals surface area contributed by atoms with E-state index in [9.17, 15) is 14.9 Å². The van der Waals surface area contributed by atoms with Crippen LogP contribution in [0.4, 0.5) is 11.4 Å². The molecule has 0 aliphatic carbocycles. The van der Waals surface area contributed by atoms with Gasteiger partial charge in [0.25, 0.3) is 11.6 Å². The van der Waals surface area contributed by atoms with Gasteiger partial charge in [0.2, 0.25) is 0 Å². The van der Waals surface area contributed by atoms with Crippen molar-refractivity contribution in [3.63, 3.8) is 0 Å². The molecule has 1 amide bonds. The first-order valence-corrected chi connectivity index (χ1v) is 6.98. The fraction of sp³-hybridized carbons (Fsp3) is 0.500. The number of nitro benzene ring substituents is 1. The summed E-state index contributed by atoms with van der Waals surface area (Å²) in [6, 6.07) is 4.43. The number of benzene rings is 1. The first-order chi connectivity index (χ1) is 10.1. The number of ether oxygens (including phenoxy) is 1. The quantitative estimate of drug-likeness (QED) is 0.414. The summed E-state index contributed by atoms with van der Waals surface area (Å²) in [5, 5.41) is 16.7. The van der Waals surface area contributed by atoms with E-state index >= 15 is 0 Å². The van der Waals surface area contributed by atoms with Crippen molar-refractivity contribution in [2.45, 2.75) is 20.3 Å². The monoisotopic (exact) mass is 295 g/mol. The van der Waals surface area contributed by atoms with Crippen molar-refractivity contribution in [3.8, 4) is 0 Å². The Kier molecular flexibility index (Phi) is 7.17. The Hall–Kier alpha value is -2.15. The molecular weight excluding hydrogens is 274 g/mol. The van der Waals surface area contributed by atoms with Crippen LogP contribution >= 0.6 is 0 Å². The molecule has 1 rings (SSSR count). The summed E-state index contributed by atoms with van der Waals surface area (Å²) in [5.74, 6) is -0.446. The number of anilines is 1. The van der Waals surface area contributed by atoms with Crippen LogP contribution < -0.4 is 10.6 Å². The zero-order valence-corrected chi connectivity index (χ0v) is 12.3. The standard InChI is InChI=1S/C14H21N3O4/c1-3-15-11-6-7-13(17(19)20)12(10-11)14(18)16-8-5-9-21-4-2/h6-7,10,15H,3-5,8-9H2,1-2H3,(H,16,18). The van der Waals surface area contributed by atoms with Gasteiger partial charge in [-0.05, 0) is 32.4 Å². The fourth-order valence-corrected chi connectivity index (χ4v) is 1.81. The van der Waals surface area contributed by atoms with Crippen molar-refractivity contribution in [2.24, 2.45) is 0 Å². The van der Waals surface area contributed by atoms with E-state index in [4.69, 9.17) is 4.74 Å². The first-order valence-electron chi connectivity index (χ1n) is 6.98. The van der Waals surface area contributed by atoms with Gasteiger partial charge < -0.3 is 15.4 Å². The Labute approximate surface area is 123 Å². The third-order valence-corrected chi connectivity index (χ3v) is 2.77. The number of nitrogens with zero attached hydrogens (tertiary/aromatic N) is 1. The minimum Gasteiger partial charge on any atom is -0.385 e. The van der Waals surface area contributed by atoms with Crippen LogP contribution in [-0.2, 0) is 4.74 Å². The molecule has 1 aromatic carbocycles. The van der Waals surface area contributed by atoms with Crippen molar-refractivity contribution in [1.29, 1.82) is 0 Å². The fourth-order valence-electron chi connectivity index (χ4n) is 1.81. The normalized spacial score (nSPS) is 10.2. The molecule has 0 atom stereocenters. The Morgan fingerprint density at radius 3 is 2.76 bits per heavy atom. The lowest BCUT2D eigenvalue weighted by atomic mass is 10.1. The van der Waals surface area contributed by atoms with Crippen LogP contribution in [0.3, 0.4) is 0 Å². The van der Waals surface area contributed by atoms with Gasteiger partial charge in [-0.2, -0.15) is 0 Å². The van der Waals surface area contributed by atoms with Gasteiger partial charge in [-0.3, -0.25) is 14.9 Å². The molecule has 0 saturated heterocycles. The second kappa shape index (κ2) is 8.91. The Morgan fingerprint density at radius 2 is 2.14 bits per heavy atom. The maximum atomic E-state index is 12.1. The molecule has 2 N–H and O–H groups in total. The summed E-state index contributed by atoms with van der Waals surface area (Å²) in [5.41, 5.74) is 0.552. The van der Waals surface area contributed by atoms with Gasteiger partial charge in [0.15, 0.2) is 0 Å². The van der Waals surface area contributed by atoms with Crippen molar-refractivity contribution < 1.29 is 14.5 Å². The zero-order chi connectivity index (χ0) is 15.7. The van der Waals surface area contributed by atoms with Gasteiger partial charge >= 0.3 is 0 Å². The highest BCUT2D eigenvalue weighted by molar-refractivity contribution is 5.99. The summed E-state index contributed by atoms with van der Waals surface area (Å²) in [6.45, 7) is 6.08. The number of carbonyl (C=O) groups is 1. The largest absolute Gasteiger partial charge is 0.385 e. The number of carbonyl (C=O) groups excluding carboxylic acids is 1. The highest BCUT2D eigenvalue weighted by Gasteiger charge is 2.20. The number of hydrogen-bond acceptors (Lipinski definition) is 5. The summed E-state index contributed by atoms with van der Waals surface area (Å²) in [6.07, 6.45) is 0.667. The number of hydrogen-bond donors (Lipinski definition) is 2. The van der Waals surface area contributed by atoms with E-state index in [1.54, 1.807) is 6.07 Å². The van der Waals surface area contributed by atoms with Crippen LogP contribution in [-0.4, -0.2) is 37.1 Å². The van der Waals surface area contributed by atoms with Gasteiger partial charge in [-0.25, -0.2) is 0 Å². The number of nitro groups is 1. The lowest BCUT2D eigenvalue weighted by molar-refractivity contribution is -0.385. The Balaban J connectivity index is 2.75. The van der Waals surface area contributed by atoms with Gasteiger partial charge in [-0.1, -0.05) is 0 Å². The minimum atomic E-state index is -0.551. The van der Waals surface area contributed by atoms with E-state index in [2.05, 4.69) is 10.6 Å². The molecule has 0 heterocycles. The highest BCUT2D eigenvalue weighted by Crippen LogP contribution is 2.22. The molecule has 116 valence electrons. The molecule has 1 aromatic rings. The van der Waals surface area contributed by atoms with Crippen LogP contribution in [0.2, 0.25) is 0 Å². The maximum absolute atomic E-state index is 12.1. The predicted molar refractivity (Wildman–Crippen MR) is 80.7 cm³/mol. The van der Waals surface area contributed by atoms with Crippen molar-refractivity contribution in [3.05, 3.63) is 33.9 Å². The Morgan fingerprint density at radius 1 is 1.38 bits per heavy atom. The summed E-state index contributed by atoms with van der Waals surface area (Å²) >= 11 is 0. The molecule has 7 nitrogen and oxygen atoms in total. The summed E-state index contributed by atoms with van der Waals surface area (Å²) < 4.78 is 5.16. The summed E-state index contributed by atoms with van der Waals surface area (Å²) in [4.78, 5) is 22.5. The lowest BCUT2D eigenvalue weighted by Gasteiger charge is -2.08. The molecule has 0 fully saturated rings. The lowest BCUT2D eigenvalue weighted by Crippen LogP contribution is -2.26. The topological polar surface area (TPSA) is 93.5 Å². The molecule has 7 heteroatoms. The Bertz CT molecular complexity index is 491. The van der Waals surface area contributed by atoms with Crippen LogP contribution in [0.25, 0.3) is 0 Å². The molecule has 0 saturated carbocycles. The van der Waals surface area contributed by atoms with Gasteiger partial charge in [0.1, 0.15) is 5.56 Å². The van der Waals surface area contributed by atoms with Crippen LogP contribution in [0.5, 0.6) is 0 Å². The van der Waals surface area contributed by atoms with Gasteiger partial charge in [0.05, 0.1) is 4.92 Å². The smallest absolute Gasteiger partial charge is 0.282 e. The van der Waals surface area contributed by atoms with E-state index in [1.807, 2.05) is 13.8 Å². The zero-order valence-electron chi connectivity index (χ0n) is 12.3. The maximum Gasteiger partial charge on any atom is 0.282 e. The van der Waals surface area contributed by atoms with E-state index in [1.165, 1.54) is 12.1 Å². The van der Waals surface area contributed by atoms with E-state index in [0.29, 0.717) is 38.4 Å². The van der Waals surface area contributed by atoms with Gasteiger partial charge in [-0.15, -0.1) is 0 Å². The van der Waals surface area contributed by atoms with E-state index < -0.39 is 10.8 Å². The average Bonchev–Trinajstić information content (AvgIpc) is 2.47. The predicted octanol–water partition coefficient (Wildman–Crippen LogP) is 2.18. The van der Waals surface area contributed by atoms with E-state index in [0.717, 1.165) is 0 Å². The number of rotatable bonds is 9. The third-order valence-electron chi connectivity index (χ3n) is 2.77. The molecule has 0 aliphatic rings. The molecule has 21 heavy (non-hydrogen) atoms. The molecule has 0 spiro atoms. The SMILES string of the molecule is CCNc1ccc([N+](=O)[O-])c(C(=O)NCCCOCC)c1. The van der Waals surface area contributed by atoms with Gasteiger partial charge in [0, 0.05) is 38.1 Å². The van der Waals surface area contributed by atoms with Crippen LogP contribution in [0, 0.1) is 10.1 Å².